The van der Waals surface area contributed by atoms with Gasteiger partial charge in [0, 0.05) is 18.5 Å². The first-order valence-corrected chi connectivity index (χ1v) is 6.14. The highest BCUT2D eigenvalue weighted by Crippen LogP contribution is 2.42. The predicted octanol–water partition coefficient (Wildman–Crippen LogP) is 1.61. The second-order valence-corrected chi connectivity index (χ2v) is 4.71. The first kappa shape index (κ1) is 12.8. The van der Waals surface area contributed by atoms with Crippen molar-refractivity contribution in [3.05, 3.63) is 29.8 Å². The van der Waals surface area contributed by atoms with Gasteiger partial charge in [0.25, 0.3) is 5.91 Å². The third kappa shape index (κ3) is 1.82. The maximum Gasteiger partial charge on any atom is 0.264 e. The van der Waals surface area contributed by atoms with Crippen molar-refractivity contribution in [3.8, 4) is 0 Å². The number of aliphatic hydroxyl groups is 1. The molecule has 1 amide bonds. The molecule has 1 unspecified atom stereocenters. The predicted molar refractivity (Wildman–Crippen MR) is 68.3 cm³/mol. The van der Waals surface area contributed by atoms with E-state index in [4.69, 9.17) is 0 Å². The maximum atomic E-state index is 12.3. The summed E-state index contributed by atoms with van der Waals surface area (Å²) >= 11 is 0. The zero-order valence-electron chi connectivity index (χ0n) is 10.6. The Kier molecular flexibility index (Phi) is 3.22. The molecule has 1 aromatic carbocycles. The molecule has 0 spiro atoms. The number of benzene rings is 1. The summed E-state index contributed by atoms with van der Waals surface area (Å²) in [5, 5.41) is 10.6. The average molecular weight is 247 g/mol. The van der Waals surface area contributed by atoms with Gasteiger partial charge in [0.15, 0.2) is 5.60 Å². The van der Waals surface area contributed by atoms with E-state index in [9.17, 15) is 14.7 Å². The van der Waals surface area contributed by atoms with Gasteiger partial charge < -0.3 is 10.0 Å². The molecule has 1 aromatic rings. The van der Waals surface area contributed by atoms with Crippen LogP contribution in [0.5, 0.6) is 0 Å². The Labute approximate surface area is 106 Å². The van der Waals surface area contributed by atoms with Crippen molar-refractivity contribution >= 4 is 17.4 Å². The standard InChI is InChI=1S/C14H17NO3/c1-3-8-15-12-7-5-4-6-11(12)14(18,13(15)17)9-10(2)16/h4-7,18H,3,8-9H2,1-2H3. The Morgan fingerprint density at radius 3 is 2.67 bits per heavy atom. The fraction of sp³-hybridized carbons (Fsp3) is 0.429. The molecule has 1 aliphatic rings. The van der Waals surface area contributed by atoms with Crippen molar-refractivity contribution in [1.29, 1.82) is 0 Å². The fourth-order valence-electron chi connectivity index (χ4n) is 2.48. The molecular formula is C14H17NO3. The maximum absolute atomic E-state index is 12.3. The van der Waals surface area contributed by atoms with Crippen LogP contribution in [0.1, 0.15) is 32.3 Å². The SMILES string of the molecule is CCCN1C(=O)C(O)(CC(C)=O)c2ccccc21. The van der Waals surface area contributed by atoms with Gasteiger partial charge in [0.05, 0.1) is 5.69 Å². The average Bonchev–Trinajstić information content (AvgIpc) is 2.52. The number of carbonyl (C=O) groups excluding carboxylic acids is 2. The number of anilines is 1. The molecule has 0 aliphatic carbocycles. The summed E-state index contributed by atoms with van der Waals surface area (Å²) in [6.07, 6.45) is 0.638. The summed E-state index contributed by atoms with van der Waals surface area (Å²) in [4.78, 5) is 25.2. The fourth-order valence-corrected chi connectivity index (χ4v) is 2.48. The van der Waals surface area contributed by atoms with Crippen LogP contribution >= 0.6 is 0 Å². The number of carbonyl (C=O) groups is 2. The van der Waals surface area contributed by atoms with Crippen molar-refractivity contribution in [2.24, 2.45) is 0 Å². The molecular weight excluding hydrogens is 230 g/mol. The Morgan fingerprint density at radius 2 is 2.06 bits per heavy atom. The number of nitrogens with zero attached hydrogens (tertiary/aromatic N) is 1. The van der Waals surface area contributed by atoms with Gasteiger partial charge in [-0.15, -0.1) is 0 Å². The molecule has 0 saturated carbocycles. The Morgan fingerprint density at radius 1 is 1.39 bits per heavy atom. The zero-order valence-corrected chi connectivity index (χ0v) is 10.6. The van der Waals surface area contributed by atoms with Gasteiger partial charge in [0.2, 0.25) is 0 Å². The lowest BCUT2D eigenvalue weighted by Gasteiger charge is -2.21. The first-order chi connectivity index (χ1) is 8.50. The summed E-state index contributed by atoms with van der Waals surface area (Å²) in [7, 11) is 0. The molecule has 18 heavy (non-hydrogen) atoms. The molecule has 0 fully saturated rings. The van der Waals surface area contributed by atoms with Crippen molar-refractivity contribution in [3.63, 3.8) is 0 Å². The van der Waals surface area contributed by atoms with Crippen LogP contribution in [0.3, 0.4) is 0 Å². The normalized spacial score (nSPS) is 22.2. The molecule has 0 radical (unpaired) electrons. The van der Waals surface area contributed by atoms with E-state index in [0.29, 0.717) is 17.8 Å². The van der Waals surface area contributed by atoms with E-state index in [2.05, 4.69) is 0 Å². The van der Waals surface area contributed by atoms with Gasteiger partial charge in [-0.3, -0.25) is 9.59 Å². The minimum absolute atomic E-state index is 0.164. The largest absolute Gasteiger partial charge is 0.375 e. The number of fused-ring (bicyclic) bond motifs is 1. The molecule has 0 saturated heterocycles. The van der Waals surface area contributed by atoms with Crippen LogP contribution in [0.4, 0.5) is 5.69 Å². The Bertz CT molecular complexity index is 498. The van der Waals surface area contributed by atoms with E-state index in [1.54, 1.807) is 23.1 Å². The van der Waals surface area contributed by atoms with Crippen LogP contribution < -0.4 is 4.90 Å². The summed E-state index contributed by atoms with van der Waals surface area (Å²) in [5.41, 5.74) is -0.427. The highest BCUT2D eigenvalue weighted by molar-refractivity contribution is 6.08. The quantitative estimate of drug-likeness (QED) is 0.879. The number of para-hydroxylation sites is 1. The number of ketones is 1. The lowest BCUT2D eigenvalue weighted by molar-refractivity contribution is -0.141. The minimum Gasteiger partial charge on any atom is -0.375 e. The van der Waals surface area contributed by atoms with E-state index in [1.165, 1.54) is 6.92 Å². The number of rotatable bonds is 4. The zero-order chi connectivity index (χ0) is 13.3. The Balaban J connectivity index is 2.50. The lowest BCUT2D eigenvalue weighted by Crippen LogP contribution is -2.41. The summed E-state index contributed by atoms with van der Waals surface area (Å²) < 4.78 is 0. The molecule has 2 rings (SSSR count). The van der Waals surface area contributed by atoms with Crippen LogP contribution in [0.2, 0.25) is 0 Å². The van der Waals surface area contributed by atoms with Gasteiger partial charge >= 0.3 is 0 Å². The molecule has 1 atom stereocenters. The number of Topliss-reactive ketones (excluding diaryl/α,β-unsaturated/α-hetero) is 1. The molecule has 4 nitrogen and oxygen atoms in total. The van der Waals surface area contributed by atoms with Crippen LogP contribution in [0.15, 0.2) is 24.3 Å². The third-order valence-electron chi connectivity index (χ3n) is 3.19. The summed E-state index contributed by atoms with van der Waals surface area (Å²) in [6.45, 7) is 3.91. The van der Waals surface area contributed by atoms with Crippen molar-refractivity contribution in [2.45, 2.75) is 32.3 Å². The minimum atomic E-state index is -1.68. The topological polar surface area (TPSA) is 57.6 Å². The number of hydrogen-bond donors (Lipinski definition) is 1. The second kappa shape index (κ2) is 4.53. The molecule has 4 heteroatoms. The Hall–Kier alpha value is -1.68. The summed E-state index contributed by atoms with van der Waals surface area (Å²) in [5.74, 6) is -0.584. The number of hydrogen-bond acceptors (Lipinski definition) is 3. The molecule has 0 aromatic heterocycles. The molecule has 1 aliphatic heterocycles. The van der Waals surface area contributed by atoms with Gasteiger partial charge in [-0.2, -0.15) is 0 Å². The van der Waals surface area contributed by atoms with Crippen LogP contribution in [0, 0.1) is 0 Å². The monoisotopic (exact) mass is 247 g/mol. The summed E-state index contributed by atoms with van der Waals surface area (Å²) in [6, 6.07) is 7.12. The van der Waals surface area contributed by atoms with Gasteiger partial charge in [-0.05, 0) is 19.4 Å². The lowest BCUT2D eigenvalue weighted by atomic mass is 9.90. The van der Waals surface area contributed by atoms with E-state index in [1.807, 2.05) is 13.0 Å². The van der Waals surface area contributed by atoms with Crippen molar-refractivity contribution in [1.82, 2.24) is 0 Å². The number of amides is 1. The van der Waals surface area contributed by atoms with Crippen molar-refractivity contribution in [2.75, 3.05) is 11.4 Å². The smallest absolute Gasteiger partial charge is 0.264 e. The van der Waals surface area contributed by atoms with E-state index in [0.717, 1.165) is 6.42 Å². The molecule has 96 valence electrons. The third-order valence-corrected chi connectivity index (χ3v) is 3.19. The highest BCUT2D eigenvalue weighted by atomic mass is 16.3. The van der Waals surface area contributed by atoms with E-state index < -0.39 is 5.60 Å². The molecule has 1 N–H and O–H groups in total. The van der Waals surface area contributed by atoms with Crippen LogP contribution in [0.25, 0.3) is 0 Å². The van der Waals surface area contributed by atoms with Crippen molar-refractivity contribution < 1.29 is 14.7 Å². The molecule has 1 heterocycles. The van der Waals surface area contributed by atoms with Gasteiger partial charge in [0.1, 0.15) is 5.78 Å². The highest BCUT2D eigenvalue weighted by Gasteiger charge is 2.49. The second-order valence-electron chi connectivity index (χ2n) is 4.71. The van der Waals surface area contributed by atoms with Crippen LogP contribution in [-0.2, 0) is 15.2 Å². The van der Waals surface area contributed by atoms with E-state index >= 15 is 0 Å². The van der Waals surface area contributed by atoms with Gasteiger partial charge in [-0.25, -0.2) is 0 Å². The van der Waals surface area contributed by atoms with E-state index in [-0.39, 0.29) is 18.1 Å². The molecule has 0 bridgehead atoms. The van der Waals surface area contributed by atoms with Gasteiger partial charge in [-0.1, -0.05) is 25.1 Å². The van der Waals surface area contributed by atoms with Crippen LogP contribution in [-0.4, -0.2) is 23.3 Å². The first-order valence-electron chi connectivity index (χ1n) is 6.14.